The monoisotopic (exact) mass is 248 g/mol. The summed E-state index contributed by atoms with van der Waals surface area (Å²) in [5.74, 6) is 0.799. The van der Waals surface area contributed by atoms with Crippen molar-refractivity contribution >= 4 is 11.3 Å². The second-order valence-corrected chi connectivity index (χ2v) is 5.14. The quantitative estimate of drug-likeness (QED) is 0.895. The van der Waals surface area contributed by atoms with Crippen molar-refractivity contribution in [2.45, 2.75) is 26.1 Å². The lowest BCUT2D eigenvalue weighted by Gasteiger charge is -2.13. The number of benzene rings is 1. The van der Waals surface area contributed by atoms with E-state index in [0.717, 1.165) is 16.2 Å². The van der Waals surface area contributed by atoms with Crippen molar-refractivity contribution in [1.82, 2.24) is 0 Å². The predicted molar refractivity (Wildman–Crippen MR) is 70.6 cm³/mol. The third kappa shape index (κ3) is 3.08. The molecule has 0 fully saturated rings. The molecule has 2 aromatic rings. The van der Waals surface area contributed by atoms with Crippen molar-refractivity contribution in [2.24, 2.45) is 0 Å². The van der Waals surface area contributed by atoms with Crippen LogP contribution < -0.4 is 4.74 Å². The van der Waals surface area contributed by atoms with E-state index in [0.29, 0.717) is 0 Å². The maximum atomic E-state index is 10.2. The average molecular weight is 248 g/mol. The SMILES string of the molecule is CC(C)Oc1cccc([C@H](O)c2cccs2)c1. The highest BCUT2D eigenvalue weighted by atomic mass is 32.1. The molecule has 0 aliphatic carbocycles. The van der Waals surface area contributed by atoms with Gasteiger partial charge in [0, 0.05) is 4.88 Å². The van der Waals surface area contributed by atoms with Crippen LogP contribution in [0.25, 0.3) is 0 Å². The topological polar surface area (TPSA) is 29.5 Å². The number of aliphatic hydroxyl groups is 1. The Hall–Kier alpha value is -1.32. The fourth-order valence-corrected chi connectivity index (χ4v) is 2.38. The molecule has 1 aromatic heterocycles. The second-order valence-electron chi connectivity index (χ2n) is 4.16. The van der Waals surface area contributed by atoms with E-state index < -0.39 is 6.10 Å². The normalized spacial score (nSPS) is 12.7. The zero-order valence-electron chi connectivity index (χ0n) is 9.96. The minimum absolute atomic E-state index is 0.143. The lowest BCUT2D eigenvalue weighted by atomic mass is 10.1. The fourth-order valence-electron chi connectivity index (χ4n) is 1.64. The Morgan fingerprint density at radius 1 is 1.18 bits per heavy atom. The molecule has 17 heavy (non-hydrogen) atoms. The van der Waals surface area contributed by atoms with Gasteiger partial charge in [0.25, 0.3) is 0 Å². The summed E-state index contributed by atoms with van der Waals surface area (Å²) in [6, 6.07) is 11.5. The molecule has 1 N–H and O–H groups in total. The van der Waals surface area contributed by atoms with Crippen molar-refractivity contribution in [3.63, 3.8) is 0 Å². The number of rotatable bonds is 4. The predicted octanol–water partition coefficient (Wildman–Crippen LogP) is 3.62. The molecular weight excluding hydrogens is 232 g/mol. The van der Waals surface area contributed by atoms with Gasteiger partial charge in [0.2, 0.25) is 0 Å². The Bertz CT molecular complexity index is 463. The van der Waals surface area contributed by atoms with Gasteiger partial charge in [-0.2, -0.15) is 0 Å². The highest BCUT2D eigenvalue weighted by molar-refractivity contribution is 7.10. The first kappa shape index (κ1) is 12.1. The van der Waals surface area contributed by atoms with E-state index in [-0.39, 0.29) is 6.10 Å². The first-order valence-corrected chi connectivity index (χ1v) is 6.53. The molecule has 2 nitrogen and oxygen atoms in total. The van der Waals surface area contributed by atoms with Gasteiger partial charge in [0.05, 0.1) is 6.10 Å². The molecule has 2 rings (SSSR count). The van der Waals surface area contributed by atoms with E-state index in [2.05, 4.69) is 0 Å². The maximum Gasteiger partial charge on any atom is 0.120 e. The number of hydrogen-bond acceptors (Lipinski definition) is 3. The summed E-state index contributed by atoms with van der Waals surface area (Å²) in [5.41, 5.74) is 0.866. The number of thiophene rings is 1. The van der Waals surface area contributed by atoms with E-state index in [1.165, 1.54) is 0 Å². The van der Waals surface area contributed by atoms with Gasteiger partial charge in [0.1, 0.15) is 11.9 Å². The summed E-state index contributed by atoms with van der Waals surface area (Å²) in [7, 11) is 0. The third-order valence-electron chi connectivity index (χ3n) is 2.36. The zero-order chi connectivity index (χ0) is 12.3. The molecular formula is C14H16O2S. The summed E-state index contributed by atoms with van der Waals surface area (Å²) >= 11 is 1.55. The largest absolute Gasteiger partial charge is 0.491 e. The van der Waals surface area contributed by atoms with Crippen LogP contribution in [0.3, 0.4) is 0 Å². The van der Waals surface area contributed by atoms with E-state index in [4.69, 9.17) is 4.74 Å². The minimum atomic E-state index is -0.564. The highest BCUT2D eigenvalue weighted by Crippen LogP contribution is 2.28. The maximum absolute atomic E-state index is 10.2. The Kier molecular flexibility index (Phi) is 3.82. The van der Waals surface area contributed by atoms with Gasteiger partial charge in [0.15, 0.2) is 0 Å². The van der Waals surface area contributed by atoms with Gasteiger partial charge in [-0.15, -0.1) is 11.3 Å². The Morgan fingerprint density at radius 2 is 2.00 bits per heavy atom. The summed E-state index contributed by atoms with van der Waals surface area (Å²) < 4.78 is 5.61. The van der Waals surface area contributed by atoms with Crippen molar-refractivity contribution in [3.8, 4) is 5.75 Å². The van der Waals surface area contributed by atoms with Crippen molar-refractivity contribution in [2.75, 3.05) is 0 Å². The van der Waals surface area contributed by atoms with Gasteiger partial charge in [-0.25, -0.2) is 0 Å². The molecule has 1 aromatic carbocycles. The Morgan fingerprint density at radius 3 is 2.65 bits per heavy atom. The standard InChI is InChI=1S/C14H16O2S/c1-10(2)16-12-6-3-5-11(9-12)14(15)13-7-4-8-17-13/h3-10,14-15H,1-2H3/t14-/m0/s1. The summed E-state index contributed by atoms with van der Waals surface area (Å²) in [6.07, 6.45) is -0.421. The molecule has 0 saturated heterocycles. The van der Waals surface area contributed by atoms with Crippen LogP contribution in [0.1, 0.15) is 30.4 Å². The van der Waals surface area contributed by atoms with Gasteiger partial charge in [-0.05, 0) is 43.0 Å². The third-order valence-corrected chi connectivity index (χ3v) is 3.28. The van der Waals surface area contributed by atoms with Crippen LogP contribution in [0.5, 0.6) is 5.75 Å². The molecule has 90 valence electrons. The number of ether oxygens (including phenoxy) is 1. The number of hydrogen-bond donors (Lipinski definition) is 1. The smallest absolute Gasteiger partial charge is 0.120 e. The number of aliphatic hydroxyl groups excluding tert-OH is 1. The molecule has 0 unspecified atom stereocenters. The van der Waals surface area contributed by atoms with E-state index in [1.54, 1.807) is 11.3 Å². The van der Waals surface area contributed by atoms with Gasteiger partial charge < -0.3 is 9.84 Å². The zero-order valence-corrected chi connectivity index (χ0v) is 10.8. The molecule has 0 amide bonds. The van der Waals surface area contributed by atoms with Crippen LogP contribution in [-0.2, 0) is 0 Å². The second kappa shape index (κ2) is 5.34. The van der Waals surface area contributed by atoms with Crippen LogP contribution in [-0.4, -0.2) is 11.2 Å². The molecule has 0 radical (unpaired) electrons. The fraction of sp³-hybridized carbons (Fsp3) is 0.286. The molecule has 1 atom stereocenters. The molecule has 0 bridgehead atoms. The van der Waals surface area contributed by atoms with Crippen LogP contribution in [0, 0.1) is 0 Å². The van der Waals surface area contributed by atoms with E-state index >= 15 is 0 Å². The molecule has 0 saturated carbocycles. The van der Waals surface area contributed by atoms with Gasteiger partial charge >= 0.3 is 0 Å². The van der Waals surface area contributed by atoms with Crippen molar-refractivity contribution in [3.05, 3.63) is 52.2 Å². The molecule has 3 heteroatoms. The van der Waals surface area contributed by atoms with Crippen LogP contribution in [0.15, 0.2) is 41.8 Å². The lowest BCUT2D eigenvalue weighted by Crippen LogP contribution is -2.06. The summed E-state index contributed by atoms with van der Waals surface area (Å²) in [4.78, 5) is 0.951. The highest BCUT2D eigenvalue weighted by Gasteiger charge is 2.12. The molecule has 0 aliphatic heterocycles. The van der Waals surface area contributed by atoms with Gasteiger partial charge in [-0.1, -0.05) is 18.2 Å². The molecule has 0 spiro atoms. The van der Waals surface area contributed by atoms with Crippen LogP contribution in [0.4, 0.5) is 0 Å². The Labute approximate surface area is 105 Å². The Balaban J connectivity index is 2.21. The first-order valence-electron chi connectivity index (χ1n) is 5.65. The van der Waals surface area contributed by atoms with E-state index in [9.17, 15) is 5.11 Å². The van der Waals surface area contributed by atoms with Crippen molar-refractivity contribution in [1.29, 1.82) is 0 Å². The average Bonchev–Trinajstić information content (AvgIpc) is 2.81. The van der Waals surface area contributed by atoms with Crippen LogP contribution in [0.2, 0.25) is 0 Å². The van der Waals surface area contributed by atoms with Crippen LogP contribution >= 0.6 is 11.3 Å². The minimum Gasteiger partial charge on any atom is -0.491 e. The van der Waals surface area contributed by atoms with E-state index in [1.807, 2.05) is 55.6 Å². The van der Waals surface area contributed by atoms with Gasteiger partial charge in [-0.3, -0.25) is 0 Å². The lowest BCUT2D eigenvalue weighted by molar-refractivity contribution is 0.220. The molecule has 1 heterocycles. The summed E-state index contributed by atoms with van der Waals surface area (Å²) in [6.45, 7) is 3.98. The first-order chi connectivity index (χ1) is 8.16. The van der Waals surface area contributed by atoms with Crippen molar-refractivity contribution < 1.29 is 9.84 Å². The summed E-state index contributed by atoms with van der Waals surface area (Å²) in [5, 5.41) is 12.2. The molecule has 0 aliphatic rings.